The largest absolute Gasteiger partial charge is 0.363 e. The van der Waals surface area contributed by atoms with Gasteiger partial charge in [0.2, 0.25) is 0 Å². The van der Waals surface area contributed by atoms with Crippen molar-refractivity contribution >= 4 is 23.5 Å². The molecule has 0 aliphatic heterocycles. The van der Waals surface area contributed by atoms with Crippen LogP contribution in [-0.4, -0.2) is 49.1 Å². The lowest BCUT2D eigenvalue weighted by molar-refractivity contribution is 0.614. The van der Waals surface area contributed by atoms with Crippen LogP contribution in [0.15, 0.2) is 23.2 Å². The summed E-state index contributed by atoms with van der Waals surface area (Å²) in [5.74, 6) is 1.87. The van der Waals surface area contributed by atoms with Gasteiger partial charge in [0.15, 0.2) is 5.96 Å². The quantitative estimate of drug-likeness (QED) is 0.618. The average Bonchev–Trinajstić information content (AvgIpc) is 3.01. The minimum absolute atomic E-state index is 0.534. The van der Waals surface area contributed by atoms with Gasteiger partial charge in [0.25, 0.3) is 0 Å². The molecule has 1 aromatic rings. The standard InChI is InChI=1S/C17H29N5S/c1-5-18-17(21-13-9-10-15(11-13)23-4)19-12-14-7-6-8-16(20-14)22(2)3/h6-8,13,15H,5,9-12H2,1-4H3,(H2,18,19,21). The maximum atomic E-state index is 4.71. The van der Waals surface area contributed by atoms with E-state index in [0.29, 0.717) is 12.6 Å². The maximum Gasteiger partial charge on any atom is 0.191 e. The van der Waals surface area contributed by atoms with Crippen LogP contribution in [-0.2, 0) is 6.54 Å². The van der Waals surface area contributed by atoms with E-state index in [1.54, 1.807) is 0 Å². The summed E-state index contributed by atoms with van der Waals surface area (Å²) >= 11 is 1.98. The Bertz CT molecular complexity index is 517. The zero-order chi connectivity index (χ0) is 16.7. The first-order chi connectivity index (χ1) is 11.1. The Morgan fingerprint density at radius 1 is 1.39 bits per heavy atom. The van der Waals surface area contributed by atoms with Crippen molar-refractivity contribution in [1.82, 2.24) is 15.6 Å². The lowest BCUT2D eigenvalue weighted by Gasteiger charge is -2.17. The maximum absolute atomic E-state index is 4.71. The zero-order valence-corrected chi connectivity index (χ0v) is 15.5. The van der Waals surface area contributed by atoms with E-state index in [1.807, 2.05) is 49.0 Å². The van der Waals surface area contributed by atoms with Gasteiger partial charge >= 0.3 is 0 Å². The van der Waals surface area contributed by atoms with Gasteiger partial charge in [-0.2, -0.15) is 11.8 Å². The van der Waals surface area contributed by atoms with Crippen molar-refractivity contribution in [2.45, 2.75) is 44.0 Å². The summed E-state index contributed by atoms with van der Waals surface area (Å²) in [5, 5.41) is 7.71. The van der Waals surface area contributed by atoms with Crippen LogP contribution in [0.5, 0.6) is 0 Å². The van der Waals surface area contributed by atoms with Crippen molar-refractivity contribution in [2.24, 2.45) is 4.99 Å². The van der Waals surface area contributed by atoms with Crippen molar-refractivity contribution in [2.75, 3.05) is 31.8 Å². The van der Waals surface area contributed by atoms with Gasteiger partial charge in [0, 0.05) is 31.9 Å². The first-order valence-corrected chi connectivity index (χ1v) is 9.62. The third-order valence-corrected chi connectivity index (χ3v) is 5.15. The van der Waals surface area contributed by atoms with Crippen LogP contribution in [0.1, 0.15) is 31.9 Å². The highest BCUT2D eigenvalue weighted by molar-refractivity contribution is 7.99. The molecule has 1 aliphatic rings. The van der Waals surface area contributed by atoms with E-state index in [-0.39, 0.29) is 0 Å². The van der Waals surface area contributed by atoms with Crippen LogP contribution in [0, 0.1) is 0 Å². The molecule has 0 radical (unpaired) electrons. The smallest absolute Gasteiger partial charge is 0.191 e. The fraction of sp³-hybridized carbons (Fsp3) is 0.647. The molecule has 2 unspecified atom stereocenters. The van der Waals surface area contributed by atoms with Gasteiger partial charge in [-0.1, -0.05) is 6.07 Å². The molecule has 2 atom stereocenters. The molecule has 128 valence electrons. The van der Waals surface area contributed by atoms with Gasteiger partial charge in [0.05, 0.1) is 12.2 Å². The van der Waals surface area contributed by atoms with E-state index in [9.17, 15) is 0 Å². The number of nitrogens with zero attached hydrogens (tertiary/aromatic N) is 3. The van der Waals surface area contributed by atoms with E-state index in [1.165, 1.54) is 19.3 Å². The lowest BCUT2D eigenvalue weighted by Crippen LogP contribution is -2.42. The first-order valence-electron chi connectivity index (χ1n) is 8.33. The predicted molar refractivity (Wildman–Crippen MR) is 101 cm³/mol. The van der Waals surface area contributed by atoms with Crippen LogP contribution < -0.4 is 15.5 Å². The molecule has 5 nitrogen and oxygen atoms in total. The molecule has 2 N–H and O–H groups in total. The van der Waals surface area contributed by atoms with E-state index < -0.39 is 0 Å². The number of rotatable bonds is 6. The monoisotopic (exact) mass is 335 g/mol. The predicted octanol–water partition coefficient (Wildman–Crippen LogP) is 2.49. The van der Waals surface area contributed by atoms with E-state index in [0.717, 1.165) is 29.3 Å². The number of pyridine rings is 1. The van der Waals surface area contributed by atoms with Crippen molar-refractivity contribution in [1.29, 1.82) is 0 Å². The van der Waals surface area contributed by atoms with E-state index >= 15 is 0 Å². The number of hydrogen-bond donors (Lipinski definition) is 2. The van der Waals surface area contributed by atoms with Crippen LogP contribution >= 0.6 is 11.8 Å². The van der Waals surface area contributed by atoms with Gasteiger partial charge in [-0.15, -0.1) is 0 Å². The Labute approximate surface area is 144 Å². The summed E-state index contributed by atoms with van der Waals surface area (Å²) in [6, 6.07) is 6.61. The van der Waals surface area contributed by atoms with Crippen LogP contribution in [0.4, 0.5) is 5.82 Å². The van der Waals surface area contributed by atoms with Crippen molar-refractivity contribution in [3.8, 4) is 0 Å². The second-order valence-corrected chi connectivity index (χ2v) is 7.23. The number of anilines is 1. The van der Waals surface area contributed by atoms with Crippen molar-refractivity contribution in [3.63, 3.8) is 0 Å². The van der Waals surface area contributed by atoms with Gasteiger partial charge in [0.1, 0.15) is 5.82 Å². The molecule has 1 heterocycles. The van der Waals surface area contributed by atoms with Crippen molar-refractivity contribution in [3.05, 3.63) is 23.9 Å². The highest BCUT2D eigenvalue weighted by atomic mass is 32.2. The SMILES string of the molecule is CCNC(=NCc1cccc(N(C)C)n1)NC1CCC(SC)C1. The Morgan fingerprint density at radius 2 is 2.22 bits per heavy atom. The summed E-state index contributed by atoms with van der Waals surface area (Å²) in [6.45, 7) is 3.56. The summed E-state index contributed by atoms with van der Waals surface area (Å²) in [7, 11) is 4.01. The van der Waals surface area contributed by atoms with Crippen molar-refractivity contribution < 1.29 is 0 Å². The molecule has 0 bridgehead atoms. The Kier molecular flexibility index (Phi) is 7.02. The molecule has 6 heteroatoms. The van der Waals surface area contributed by atoms with Gasteiger partial charge in [-0.05, 0) is 44.6 Å². The Balaban J connectivity index is 1.97. The lowest BCUT2D eigenvalue weighted by atomic mass is 10.2. The first kappa shape index (κ1) is 17.9. The number of thioether (sulfide) groups is 1. The highest BCUT2D eigenvalue weighted by Gasteiger charge is 2.24. The van der Waals surface area contributed by atoms with Crippen LogP contribution in [0.3, 0.4) is 0 Å². The number of aromatic nitrogens is 1. The number of guanidine groups is 1. The minimum Gasteiger partial charge on any atom is -0.363 e. The van der Waals surface area contributed by atoms with E-state index in [2.05, 4.69) is 28.8 Å². The Morgan fingerprint density at radius 3 is 2.87 bits per heavy atom. The number of aliphatic imine (C=N–C) groups is 1. The highest BCUT2D eigenvalue weighted by Crippen LogP contribution is 2.28. The molecule has 0 amide bonds. The second-order valence-electron chi connectivity index (χ2n) is 6.09. The van der Waals surface area contributed by atoms with Gasteiger partial charge < -0.3 is 15.5 Å². The average molecular weight is 336 g/mol. The molecule has 1 fully saturated rings. The molecule has 0 saturated heterocycles. The zero-order valence-electron chi connectivity index (χ0n) is 14.7. The fourth-order valence-corrected chi connectivity index (χ4v) is 3.56. The molecule has 1 saturated carbocycles. The molecular weight excluding hydrogens is 306 g/mol. The molecule has 1 aliphatic carbocycles. The summed E-state index contributed by atoms with van der Waals surface area (Å²) in [4.78, 5) is 11.3. The molecule has 23 heavy (non-hydrogen) atoms. The fourth-order valence-electron chi connectivity index (χ4n) is 2.76. The van der Waals surface area contributed by atoms with Crippen LogP contribution in [0.25, 0.3) is 0 Å². The normalized spacial score (nSPS) is 21.3. The van der Waals surface area contributed by atoms with Gasteiger partial charge in [-0.25, -0.2) is 9.98 Å². The topological polar surface area (TPSA) is 52.6 Å². The van der Waals surface area contributed by atoms with Gasteiger partial charge in [-0.3, -0.25) is 0 Å². The second kappa shape index (κ2) is 9.01. The molecular formula is C17H29N5S. The summed E-state index contributed by atoms with van der Waals surface area (Å²) in [6.07, 6.45) is 5.95. The third-order valence-electron chi connectivity index (χ3n) is 4.05. The van der Waals surface area contributed by atoms with E-state index in [4.69, 9.17) is 4.99 Å². The number of hydrogen-bond acceptors (Lipinski definition) is 4. The minimum atomic E-state index is 0.534. The summed E-state index contributed by atoms with van der Waals surface area (Å²) in [5.41, 5.74) is 0.988. The molecule has 0 spiro atoms. The Hall–Kier alpha value is -1.43. The number of nitrogens with one attached hydrogen (secondary N) is 2. The molecule has 2 rings (SSSR count). The molecule has 1 aromatic heterocycles. The summed E-state index contributed by atoms with van der Waals surface area (Å²) < 4.78 is 0. The molecule has 0 aromatic carbocycles. The third kappa shape index (κ3) is 5.61. The van der Waals surface area contributed by atoms with Crippen LogP contribution in [0.2, 0.25) is 0 Å².